The molecule has 0 amide bonds. The Morgan fingerprint density at radius 3 is 2.87 bits per heavy atom. The van der Waals surface area contributed by atoms with Crippen molar-refractivity contribution in [2.45, 2.75) is 18.6 Å². The number of hydrogen-bond acceptors (Lipinski definition) is 4. The van der Waals surface area contributed by atoms with Gasteiger partial charge >= 0.3 is 0 Å². The Morgan fingerprint density at radius 1 is 1.26 bits per heavy atom. The smallest absolute Gasteiger partial charge is 0.196 e. The van der Waals surface area contributed by atoms with Crippen molar-refractivity contribution in [3.63, 3.8) is 0 Å². The van der Waals surface area contributed by atoms with Crippen molar-refractivity contribution in [1.29, 1.82) is 5.26 Å². The maximum absolute atomic E-state index is 13.6. The van der Waals surface area contributed by atoms with Crippen LogP contribution in [0.25, 0.3) is 0 Å². The molecule has 1 aliphatic heterocycles. The first kappa shape index (κ1) is 14.2. The number of ether oxygens (including phenoxy) is 3. The van der Waals surface area contributed by atoms with Crippen molar-refractivity contribution in [2.75, 3.05) is 13.2 Å². The molecule has 1 heterocycles. The minimum atomic E-state index is -0.714. The maximum atomic E-state index is 13.6. The minimum Gasteiger partial charge on any atom is -0.457 e. The van der Waals surface area contributed by atoms with Gasteiger partial charge < -0.3 is 14.2 Å². The Morgan fingerprint density at radius 2 is 2.09 bits per heavy atom. The first-order chi connectivity index (χ1) is 11.2. The summed E-state index contributed by atoms with van der Waals surface area (Å²) in [6, 6.07) is 12.6. The van der Waals surface area contributed by atoms with Crippen LogP contribution in [0.1, 0.15) is 23.1 Å². The van der Waals surface area contributed by atoms with Gasteiger partial charge in [-0.15, -0.1) is 0 Å². The quantitative estimate of drug-likeness (QED) is 0.852. The molecule has 4 nitrogen and oxygen atoms in total. The number of fused-ring (bicyclic) bond motifs is 2. The van der Waals surface area contributed by atoms with E-state index in [0.29, 0.717) is 31.1 Å². The van der Waals surface area contributed by atoms with E-state index in [-0.39, 0.29) is 5.56 Å². The highest BCUT2D eigenvalue weighted by Crippen LogP contribution is 2.46. The molecule has 0 saturated carbocycles. The molecule has 0 atom stereocenters. The third-order valence-electron chi connectivity index (χ3n) is 4.13. The van der Waals surface area contributed by atoms with Gasteiger partial charge in [-0.25, -0.2) is 4.39 Å². The topological polar surface area (TPSA) is 51.5 Å². The fraction of sp³-hybridized carbons (Fsp3) is 0.278. The van der Waals surface area contributed by atoms with Gasteiger partial charge in [0, 0.05) is 23.6 Å². The molecule has 0 unspecified atom stereocenters. The highest BCUT2D eigenvalue weighted by atomic mass is 19.1. The lowest BCUT2D eigenvalue weighted by Gasteiger charge is -2.22. The van der Waals surface area contributed by atoms with Crippen LogP contribution < -0.4 is 4.74 Å². The Labute approximate surface area is 133 Å². The molecule has 0 N–H and O–H groups in total. The van der Waals surface area contributed by atoms with Gasteiger partial charge in [0.15, 0.2) is 5.79 Å². The van der Waals surface area contributed by atoms with Crippen molar-refractivity contribution in [3.05, 3.63) is 58.9 Å². The molecule has 1 radical (unpaired) electrons. The van der Waals surface area contributed by atoms with E-state index >= 15 is 0 Å². The second kappa shape index (κ2) is 5.34. The van der Waals surface area contributed by atoms with Crippen molar-refractivity contribution >= 4 is 0 Å². The summed E-state index contributed by atoms with van der Waals surface area (Å²) in [6.45, 7) is 1.13. The monoisotopic (exact) mass is 310 g/mol. The zero-order chi connectivity index (χ0) is 15.9. The van der Waals surface area contributed by atoms with E-state index in [4.69, 9.17) is 19.5 Å². The van der Waals surface area contributed by atoms with Gasteiger partial charge in [-0.05, 0) is 30.7 Å². The van der Waals surface area contributed by atoms with Gasteiger partial charge in [-0.3, -0.25) is 0 Å². The molecule has 115 valence electrons. The number of benzene rings is 2. The van der Waals surface area contributed by atoms with E-state index in [9.17, 15) is 4.39 Å². The summed E-state index contributed by atoms with van der Waals surface area (Å²) in [7, 11) is 0. The molecule has 1 aliphatic carbocycles. The van der Waals surface area contributed by atoms with Gasteiger partial charge in [0.1, 0.15) is 17.3 Å². The van der Waals surface area contributed by atoms with Crippen LogP contribution in [0.4, 0.5) is 4.39 Å². The number of nitriles is 1. The summed E-state index contributed by atoms with van der Waals surface area (Å²) in [4.78, 5) is 0. The zero-order valence-corrected chi connectivity index (χ0v) is 12.3. The van der Waals surface area contributed by atoms with E-state index in [0.717, 1.165) is 17.5 Å². The van der Waals surface area contributed by atoms with E-state index in [1.54, 1.807) is 12.1 Å². The van der Waals surface area contributed by atoms with Gasteiger partial charge in [0.2, 0.25) is 0 Å². The Kier molecular flexibility index (Phi) is 3.29. The third-order valence-corrected chi connectivity index (χ3v) is 4.13. The fourth-order valence-electron chi connectivity index (χ4n) is 3.17. The normalized spacial score (nSPS) is 17.9. The third kappa shape index (κ3) is 2.37. The molecule has 1 fully saturated rings. The van der Waals surface area contributed by atoms with Crippen molar-refractivity contribution in [1.82, 2.24) is 0 Å². The average molecular weight is 310 g/mol. The largest absolute Gasteiger partial charge is 0.457 e. The molecule has 23 heavy (non-hydrogen) atoms. The summed E-state index contributed by atoms with van der Waals surface area (Å²) in [5.41, 5.74) is 2.03. The Hall–Kier alpha value is -2.42. The van der Waals surface area contributed by atoms with Crippen LogP contribution in [0.15, 0.2) is 30.3 Å². The van der Waals surface area contributed by atoms with Gasteiger partial charge in [0.05, 0.1) is 24.8 Å². The van der Waals surface area contributed by atoms with Crippen LogP contribution in [-0.2, 0) is 21.7 Å². The molecule has 2 aliphatic rings. The highest BCUT2D eigenvalue weighted by Gasteiger charge is 2.45. The molecule has 5 heteroatoms. The molecule has 1 saturated heterocycles. The van der Waals surface area contributed by atoms with Crippen LogP contribution >= 0.6 is 0 Å². The van der Waals surface area contributed by atoms with Crippen LogP contribution in [0.2, 0.25) is 0 Å². The first-order valence-corrected chi connectivity index (χ1v) is 7.41. The second-order valence-electron chi connectivity index (χ2n) is 5.53. The number of nitrogens with zero attached hydrogens (tertiary/aromatic N) is 1. The number of hydrogen-bond donors (Lipinski definition) is 0. The van der Waals surface area contributed by atoms with E-state index in [2.05, 4.69) is 6.07 Å². The minimum absolute atomic E-state index is 0.220. The molecular weight excluding hydrogens is 297 g/mol. The van der Waals surface area contributed by atoms with Crippen molar-refractivity contribution in [2.24, 2.45) is 0 Å². The Balaban J connectivity index is 1.71. The van der Waals surface area contributed by atoms with E-state index < -0.39 is 11.6 Å². The predicted octanol–water partition coefficient (Wildman–Crippen LogP) is 3.44. The lowest BCUT2D eigenvalue weighted by molar-refractivity contribution is -0.163. The SMILES string of the molecule is N#Cc1cc(F)cc(Oc2cc[c]c3c2CCC32OCCO2)c1. The van der Waals surface area contributed by atoms with Crippen LogP contribution in [0.3, 0.4) is 0 Å². The molecule has 2 aromatic carbocycles. The van der Waals surface area contributed by atoms with Crippen molar-refractivity contribution < 1.29 is 18.6 Å². The van der Waals surface area contributed by atoms with Gasteiger partial charge in [-0.2, -0.15) is 5.26 Å². The Bertz CT molecular complexity index is 806. The average Bonchev–Trinajstić information content (AvgIpc) is 3.17. The van der Waals surface area contributed by atoms with Crippen LogP contribution in [-0.4, -0.2) is 13.2 Å². The standard InChI is InChI=1S/C18H13FNO3/c19-13-8-12(11-20)9-14(10-13)23-17-3-1-2-16-15(17)4-5-18(16)21-6-7-22-18/h1,3,8-10H,4-7H2. The number of rotatable bonds is 2. The maximum Gasteiger partial charge on any atom is 0.196 e. The van der Waals surface area contributed by atoms with Crippen LogP contribution in [0.5, 0.6) is 11.5 Å². The van der Waals surface area contributed by atoms with E-state index in [1.165, 1.54) is 18.2 Å². The highest BCUT2D eigenvalue weighted by molar-refractivity contribution is 5.48. The van der Waals surface area contributed by atoms with Gasteiger partial charge in [-0.1, -0.05) is 6.07 Å². The molecule has 2 aromatic rings. The first-order valence-electron chi connectivity index (χ1n) is 7.41. The fourth-order valence-corrected chi connectivity index (χ4v) is 3.17. The summed E-state index contributed by atoms with van der Waals surface area (Å²) < 4.78 is 30.9. The molecule has 0 aromatic heterocycles. The van der Waals surface area contributed by atoms with Gasteiger partial charge in [0.25, 0.3) is 0 Å². The number of halogens is 1. The summed E-state index contributed by atoms with van der Waals surface area (Å²) >= 11 is 0. The summed E-state index contributed by atoms with van der Waals surface area (Å²) in [6.07, 6.45) is 1.45. The van der Waals surface area contributed by atoms with E-state index in [1.807, 2.05) is 6.07 Å². The summed E-state index contributed by atoms with van der Waals surface area (Å²) in [5, 5.41) is 8.94. The van der Waals surface area contributed by atoms with Crippen LogP contribution in [0, 0.1) is 23.2 Å². The summed E-state index contributed by atoms with van der Waals surface area (Å²) in [5.74, 6) is -0.306. The molecular formula is C18H13FNO3. The predicted molar refractivity (Wildman–Crippen MR) is 78.4 cm³/mol. The van der Waals surface area contributed by atoms with Crippen molar-refractivity contribution in [3.8, 4) is 17.6 Å². The lowest BCUT2D eigenvalue weighted by atomic mass is 10.1. The second-order valence-corrected chi connectivity index (χ2v) is 5.53. The molecule has 1 spiro atoms. The lowest BCUT2D eigenvalue weighted by Crippen LogP contribution is -2.23. The zero-order valence-electron chi connectivity index (χ0n) is 12.3. The molecule has 4 rings (SSSR count). The molecule has 0 bridgehead atoms.